The van der Waals surface area contributed by atoms with Crippen molar-refractivity contribution in [3.8, 4) is 0 Å². The van der Waals surface area contributed by atoms with Gasteiger partial charge in [0.1, 0.15) is 0 Å². The van der Waals surface area contributed by atoms with E-state index in [1.165, 1.54) is 6.20 Å². The van der Waals surface area contributed by atoms with E-state index in [9.17, 15) is 29.1 Å². The van der Waals surface area contributed by atoms with Crippen LogP contribution in [-0.2, 0) is 24.0 Å². The van der Waals surface area contributed by atoms with Gasteiger partial charge in [0.25, 0.3) is 5.91 Å². The molecule has 89 heavy (non-hydrogen) atoms. The van der Waals surface area contributed by atoms with E-state index in [1.54, 1.807) is 0 Å². The molecular weight excluding hydrogens is 1110 g/mol. The second-order valence-electron chi connectivity index (χ2n) is 38.7. The third kappa shape index (κ3) is 51.2. The first kappa shape index (κ1) is 92.5. The van der Waals surface area contributed by atoms with Crippen molar-refractivity contribution in [2.75, 3.05) is 0 Å². The lowest BCUT2D eigenvalue weighted by molar-refractivity contribution is -0.151. The summed E-state index contributed by atoms with van der Waals surface area (Å²) in [6.45, 7) is 73.4. The van der Waals surface area contributed by atoms with Crippen molar-refractivity contribution in [2.24, 2.45) is 77.1 Å². The molecule has 1 saturated heterocycles. The van der Waals surface area contributed by atoms with E-state index in [4.69, 9.17) is 28.0 Å². The third-order valence-electron chi connectivity index (χ3n) is 15.4. The Hall–Kier alpha value is -2.95. The van der Waals surface area contributed by atoms with Crippen molar-refractivity contribution in [3.05, 3.63) is 12.8 Å². The number of nitrogens with one attached hydrogen (secondary N) is 3. The molecule has 5 amide bonds. The zero-order chi connectivity index (χ0) is 71.9. The Labute approximate surface area is 550 Å². The standard InChI is InChI=1S/C36H71N3O4.2C13H30N2.C6H7NO2.C6H14O/c1-30(2,3)19-24(33(10,11)12)37-27(40)22-36(43,29(42)39-26(35(16,17)18)21-32(7,8)9)23-28(41)38-25(34(13,14)15)20-31(4,5)6;2*1-12(2,3)8-10(14)7-11(15)9-13(4,5)6;1-2-7-5(8)3-4-6(7)9;1-4-6(3,7)5-2/h24-26,43H,19-23H2,1-18H3,(H,37,40)(H,38,41)(H,39,42);2*10-11H,7-9,14-15H2,1-6H3;2H,1,3-4H2;7H,4-5H2,1-3H3. The molecule has 0 radical (unpaired) electrons. The van der Waals surface area contributed by atoms with E-state index in [-0.39, 0.29) is 86.6 Å². The molecular formula is C74H152N8O7. The molecule has 0 saturated carbocycles. The van der Waals surface area contributed by atoms with Crippen molar-refractivity contribution in [2.45, 2.75) is 378 Å². The first-order valence-corrected chi connectivity index (χ1v) is 33.9. The minimum atomic E-state index is -2.22. The molecule has 15 heteroatoms. The van der Waals surface area contributed by atoms with E-state index in [2.05, 4.69) is 209 Å². The van der Waals surface area contributed by atoms with Crippen molar-refractivity contribution in [3.63, 3.8) is 0 Å². The van der Waals surface area contributed by atoms with E-state index < -0.39 is 41.8 Å². The molecule has 530 valence electrons. The predicted molar refractivity (Wildman–Crippen MR) is 380 cm³/mol. The minimum absolute atomic E-state index is 0.0410. The van der Waals surface area contributed by atoms with Gasteiger partial charge in [0.2, 0.25) is 23.6 Å². The van der Waals surface area contributed by atoms with Gasteiger partial charge in [-0.25, -0.2) is 0 Å². The highest BCUT2D eigenvalue weighted by Gasteiger charge is 2.45. The summed E-state index contributed by atoms with van der Waals surface area (Å²) in [5.41, 5.74) is 22.0. The molecule has 0 spiro atoms. The summed E-state index contributed by atoms with van der Waals surface area (Å²) in [6.07, 6.45) is 10.8. The fraction of sp³-hybridized carbons (Fsp3) is 0.905. The topological polar surface area (TPSA) is 269 Å². The maximum absolute atomic E-state index is 14.0. The van der Waals surface area contributed by atoms with Crippen LogP contribution in [0.2, 0.25) is 0 Å². The highest BCUT2D eigenvalue weighted by molar-refractivity contribution is 6.02. The SMILES string of the molecule is C=CN1C(=O)CCC1=O.CC(C)(C)CC(N)CC(N)CC(C)(C)C.CC(C)(C)CC(N)CC(N)CC(C)(C)C.CC(C)(C)CC(NC(=O)CC(O)(CC(=O)NC(CC(C)(C)C)C(C)(C)C)C(=O)NC(CC(C)(C)C)C(C)(C)C)C(C)(C)C.CCC(C)(O)CC. The van der Waals surface area contributed by atoms with Crippen LogP contribution in [0, 0.1) is 54.1 Å². The first-order valence-electron chi connectivity index (χ1n) is 33.9. The van der Waals surface area contributed by atoms with Crippen LogP contribution in [-0.4, -0.2) is 98.1 Å². The Balaban J connectivity index is -0.000000628. The van der Waals surface area contributed by atoms with Gasteiger partial charge in [-0.3, -0.25) is 28.9 Å². The smallest absolute Gasteiger partial charge is 0.253 e. The van der Waals surface area contributed by atoms with Gasteiger partial charge in [-0.05, 0) is 132 Å². The van der Waals surface area contributed by atoms with Gasteiger partial charge >= 0.3 is 0 Å². The molecule has 7 unspecified atom stereocenters. The van der Waals surface area contributed by atoms with Crippen LogP contribution in [0.15, 0.2) is 12.8 Å². The van der Waals surface area contributed by atoms with Crippen molar-refractivity contribution in [1.29, 1.82) is 0 Å². The average molecular weight is 1270 g/mol. The number of nitrogens with two attached hydrogens (primary N) is 4. The normalized spacial score (nSPS) is 17.2. The van der Waals surface area contributed by atoms with Crippen LogP contribution in [0.3, 0.4) is 0 Å². The van der Waals surface area contributed by atoms with E-state index in [0.717, 1.165) is 69.1 Å². The number of rotatable bonds is 22. The Bertz CT molecular complexity index is 1910. The number of aliphatic hydroxyl groups is 2. The maximum atomic E-state index is 14.0. The number of nitrogens with zero attached hydrogens (tertiary/aromatic N) is 1. The summed E-state index contributed by atoms with van der Waals surface area (Å²) in [6, 6.07) is 0.321. The van der Waals surface area contributed by atoms with Crippen LogP contribution >= 0.6 is 0 Å². The quantitative estimate of drug-likeness (QED) is 0.0460. The van der Waals surface area contributed by atoms with Crippen LogP contribution in [0.1, 0.15) is 325 Å². The molecule has 13 N–H and O–H groups in total. The molecule has 1 aliphatic rings. The molecule has 0 bridgehead atoms. The Morgan fingerprint density at radius 3 is 0.798 bits per heavy atom. The lowest BCUT2D eigenvalue weighted by Crippen LogP contribution is -2.58. The Morgan fingerprint density at radius 1 is 0.427 bits per heavy atom. The van der Waals surface area contributed by atoms with Crippen LogP contribution in [0.25, 0.3) is 0 Å². The second-order valence-corrected chi connectivity index (χ2v) is 38.7. The molecule has 0 aromatic heterocycles. The molecule has 7 atom stereocenters. The zero-order valence-electron chi connectivity index (χ0n) is 64.6. The number of carbonyl (C=O) groups is 5. The Morgan fingerprint density at radius 2 is 0.640 bits per heavy atom. The molecule has 1 fully saturated rings. The second kappa shape index (κ2) is 37.2. The predicted octanol–water partition coefficient (Wildman–Crippen LogP) is 15.0. The van der Waals surface area contributed by atoms with E-state index in [1.807, 2.05) is 41.5 Å². The Kier molecular flexibility index (Phi) is 38.7. The maximum Gasteiger partial charge on any atom is 0.253 e. The van der Waals surface area contributed by atoms with Crippen LogP contribution < -0.4 is 38.9 Å². The average Bonchev–Trinajstić information content (AvgIpc) is 3.29. The van der Waals surface area contributed by atoms with Gasteiger partial charge in [-0.1, -0.05) is 228 Å². The number of likely N-dealkylation sites (tertiary alicyclic amines) is 1. The number of hydrogen-bond donors (Lipinski definition) is 9. The molecule has 1 rings (SSSR count). The van der Waals surface area contributed by atoms with Gasteiger partial charge in [0.15, 0.2) is 5.60 Å². The van der Waals surface area contributed by atoms with Gasteiger partial charge in [-0.15, -0.1) is 0 Å². The van der Waals surface area contributed by atoms with Gasteiger partial charge < -0.3 is 49.1 Å². The van der Waals surface area contributed by atoms with E-state index >= 15 is 0 Å². The molecule has 0 aliphatic carbocycles. The lowest BCUT2D eigenvalue weighted by Gasteiger charge is -2.40. The summed E-state index contributed by atoms with van der Waals surface area (Å²) in [5, 5.41) is 30.4. The monoisotopic (exact) mass is 1270 g/mol. The summed E-state index contributed by atoms with van der Waals surface area (Å²) >= 11 is 0. The first-order chi connectivity index (χ1) is 39.0. The third-order valence-corrected chi connectivity index (χ3v) is 15.4. The lowest BCUT2D eigenvalue weighted by atomic mass is 9.76. The van der Waals surface area contributed by atoms with Crippen LogP contribution in [0.5, 0.6) is 0 Å². The number of carbonyl (C=O) groups excluding carboxylic acids is 5. The van der Waals surface area contributed by atoms with Crippen LogP contribution in [0.4, 0.5) is 0 Å². The molecule has 0 aromatic rings. The highest BCUT2D eigenvalue weighted by atomic mass is 16.3. The van der Waals surface area contributed by atoms with Crippen molar-refractivity contribution >= 4 is 29.5 Å². The summed E-state index contributed by atoms with van der Waals surface area (Å²) < 4.78 is 0. The van der Waals surface area contributed by atoms with Crippen molar-refractivity contribution < 1.29 is 34.2 Å². The van der Waals surface area contributed by atoms with Gasteiger partial charge in [0.05, 0.1) is 18.4 Å². The fourth-order valence-electron chi connectivity index (χ4n) is 10.4. The fourth-order valence-corrected chi connectivity index (χ4v) is 10.4. The molecule has 15 nitrogen and oxygen atoms in total. The molecule has 1 aliphatic heterocycles. The number of amides is 5. The summed E-state index contributed by atoms with van der Waals surface area (Å²) in [7, 11) is 0. The van der Waals surface area contributed by atoms with Gasteiger partial charge in [-0.2, -0.15) is 0 Å². The summed E-state index contributed by atoms with van der Waals surface area (Å²) in [4.78, 5) is 63.5. The minimum Gasteiger partial charge on any atom is -0.390 e. The van der Waals surface area contributed by atoms with Crippen molar-refractivity contribution in [1.82, 2.24) is 20.9 Å². The largest absolute Gasteiger partial charge is 0.390 e. The highest BCUT2D eigenvalue weighted by Crippen LogP contribution is 2.35. The van der Waals surface area contributed by atoms with E-state index in [0.29, 0.717) is 40.9 Å². The summed E-state index contributed by atoms with van der Waals surface area (Å²) in [5.74, 6) is -1.86. The number of imide groups is 1. The van der Waals surface area contributed by atoms with Gasteiger partial charge in [0, 0.05) is 61.3 Å². The molecule has 0 aromatic carbocycles. The molecule has 1 heterocycles. The number of hydrogen-bond acceptors (Lipinski definition) is 11. The zero-order valence-corrected chi connectivity index (χ0v) is 64.6.